The van der Waals surface area contributed by atoms with Crippen molar-refractivity contribution in [1.82, 2.24) is 15.1 Å². The SMILES string of the molecule is COc1cccc(C(=O)N2CC(N(CCc3ccccc3)C(=O)c3cccs3)CC2C(=O)NC2CCC(N)CC2)c1. The number of nitrogens with two attached hydrogens (primary N) is 1. The van der Waals surface area contributed by atoms with Crippen LogP contribution in [0.5, 0.6) is 5.75 Å². The van der Waals surface area contributed by atoms with E-state index in [0.717, 1.165) is 31.2 Å². The zero-order valence-electron chi connectivity index (χ0n) is 23.4. The van der Waals surface area contributed by atoms with Crippen molar-refractivity contribution in [3.8, 4) is 5.75 Å². The average Bonchev–Trinajstić information content (AvgIpc) is 3.70. The molecule has 2 atom stereocenters. The highest BCUT2D eigenvalue weighted by molar-refractivity contribution is 7.12. The molecule has 2 aliphatic rings. The molecule has 2 aromatic carbocycles. The third-order valence-corrected chi connectivity index (χ3v) is 9.05. The Morgan fingerprint density at radius 2 is 1.80 bits per heavy atom. The first-order valence-electron chi connectivity index (χ1n) is 14.3. The van der Waals surface area contributed by atoms with Crippen LogP contribution in [0.3, 0.4) is 0 Å². The second kappa shape index (κ2) is 13.3. The van der Waals surface area contributed by atoms with Crippen molar-refractivity contribution in [2.24, 2.45) is 5.73 Å². The number of nitrogens with one attached hydrogen (secondary N) is 1. The van der Waals surface area contributed by atoms with Gasteiger partial charge in [-0.05, 0) is 73.7 Å². The molecular formula is C32H38N4O4S. The van der Waals surface area contributed by atoms with Crippen LogP contribution in [0, 0.1) is 0 Å². The molecule has 2 heterocycles. The molecule has 1 aliphatic heterocycles. The summed E-state index contributed by atoms with van der Waals surface area (Å²) < 4.78 is 5.35. The monoisotopic (exact) mass is 574 g/mol. The number of methoxy groups -OCH3 is 1. The summed E-state index contributed by atoms with van der Waals surface area (Å²) in [5.74, 6) is 0.0835. The maximum atomic E-state index is 13.9. The lowest BCUT2D eigenvalue weighted by atomic mass is 9.91. The molecule has 1 saturated carbocycles. The number of likely N-dealkylation sites (tertiary alicyclic amines) is 1. The van der Waals surface area contributed by atoms with Crippen LogP contribution in [0.4, 0.5) is 0 Å². The van der Waals surface area contributed by atoms with Crippen LogP contribution >= 0.6 is 11.3 Å². The zero-order valence-corrected chi connectivity index (χ0v) is 24.2. The minimum atomic E-state index is -0.690. The molecule has 0 spiro atoms. The molecule has 9 heteroatoms. The summed E-state index contributed by atoms with van der Waals surface area (Å²) in [6.45, 7) is 0.761. The van der Waals surface area contributed by atoms with Crippen LogP contribution in [0.2, 0.25) is 0 Å². The van der Waals surface area contributed by atoms with Gasteiger partial charge in [0.05, 0.1) is 18.0 Å². The highest BCUT2D eigenvalue weighted by atomic mass is 32.1. The predicted molar refractivity (Wildman–Crippen MR) is 160 cm³/mol. The summed E-state index contributed by atoms with van der Waals surface area (Å²) in [6.07, 6.45) is 4.44. The quantitative estimate of drug-likeness (QED) is 0.400. The fourth-order valence-electron chi connectivity index (χ4n) is 5.88. The molecule has 2 unspecified atom stereocenters. The Hall–Kier alpha value is -3.69. The molecule has 1 aliphatic carbocycles. The van der Waals surface area contributed by atoms with E-state index in [1.54, 1.807) is 36.3 Å². The summed E-state index contributed by atoms with van der Waals surface area (Å²) in [6, 6.07) is 19.9. The first-order chi connectivity index (χ1) is 19.9. The Kier molecular flexibility index (Phi) is 9.36. The standard InChI is InChI=1S/C32H38N4O4S/c1-40-27-10-5-9-23(19-27)31(38)36-21-26(20-28(36)30(37)34-25-14-12-24(33)13-15-25)35(32(39)29-11-6-18-41-29)17-16-22-7-3-2-4-8-22/h2-11,18-19,24-26,28H,12-17,20-21,33H2,1H3,(H,34,37). The third kappa shape index (κ3) is 6.97. The van der Waals surface area contributed by atoms with Gasteiger partial charge in [-0.2, -0.15) is 0 Å². The Balaban J connectivity index is 1.41. The normalized spacial score (nSPS) is 22.2. The van der Waals surface area contributed by atoms with Crippen LogP contribution < -0.4 is 15.8 Å². The Bertz CT molecular complexity index is 1320. The topological polar surface area (TPSA) is 105 Å². The van der Waals surface area contributed by atoms with Crippen LogP contribution in [-0.4, -0.2) is 71.9 Å². The summed E-state index contributed by atoms with van der Waals surface area (Å²) in [5, 5.41) is 5.09. The fraction of sp³-hybridized carbons (Fsp3) is 0.406. The summed E-state index contributed by atoms with van der Waals surface area (Å²) in [7, 11) is 1.56. The van der Waals surface area contributed by atoms with Gasteiger partial charge in [-0.25, -0.2) is 0 Å². The second-order valence-electron chi connectivity index (χ2n) is 10.9. The van der Waals surface area contributed by atoms with Gasteiger partial charge < -0.3 is 25.6 Å². The van der Waals surface area contributed by atoms with E-state index >= 15 is 0 Å². The molecule has 3 N–H and O–H groups in total. The van der Waals surface area contributed by atoms with Crippen molar-refractivity contribution in [3.05, 3.63) is 88.1 Å². The molecular weight excluding hydrogens is 536 g/mol. The number of hydrogen-bond donors (Lipinski definition) is 2. The van der Waals surface area contributed by atoms with Crippen molar-refractivity contribution in [3.63, 3.8) is 0 Å². The van der Waals surface area contributed by atoms with E-state index < -0.39 is 6.04 Å². The Labute approximate surface area is 245 Å². The molecule has 41 heavy (non-hydrogen) atoms. The van der Waals surface area contributed by atoms with Crippen LogP contribution in [-0.2, 0) is 11.2 Å². The highest BCUT2D eigenvalue weighted by Gasteiger charge is 2.44. The molecule has 1 aromatic heterocycles. The Morgan fingerprint density at radius 3 is 2.51 bits per heavy atom. The number of amides is 3. The molecule has 3 aromatic rings. The molecule has 2 fully saturated rings. The molecule has 3 amide bonds. The minimum absolute atomic E-state index is 0.0389. The number of benzene rings is 2. The predicted octanol–water partition coefficient (Wildman–Crippen LogP) is 4.11. The van der Waals surface area contributed by atoms with E-state index in [9.17, 15) is 14.4 Å². The minimum Gasteiger partial charge on any atom is -0.497 e. The van der Waals surface area contributed by atoms with E-state index in [1.165, 1.54) is 11.3 Å². The van der Waals surface area contributed by atoms with Crippen molar-refractivity contribution >= 4 is 29.1 Å². The lowest BCUT2D eigenvalue weighted by Crippen LogP contribution is -2.50. The molecule has 1 saturated heterocycles. The van der Waals surface area contributed by atoms with Gasteiger partial charge in [0.15, 0.2) is 0 Å². The third-order valence-electron chi connectivity index (χ3n) is 8.20. The summed E-state index contributed by atoms with van der Waals surface area (Å²) >= 11 is 1.40. The van der Waals surface area contributed by atoms with Crippen LogP contribution in [0.1, 0.15) is 57.7 Å². The molecule has 216 valence electrons. The molecule has 0 radical (unpaired) electrons. The first-order valence-corrected chi connectivity index (χ1v) is 15.2. The maximum Gasteiger partial charge on any atom is 0.264 e. The van der Waals surface area contributed by atoms with Crippen molar-refractivity contribution in [1.29, 1.82) is 0 Å². The Morgan fingerprint density at radius 1 is 1.02 bits per heavy atom. The largest absolute Gasteiger partial charge is 0.497 e. The van der Waals surface area contributed by atoms with E-state index in [0.29, 0.717) is 35.6 Å². The van der Waals surface area contributed by atoms with E-state index in [-0.39, 0.29) is 42.4 Å². The van der Waals surface area contributed by atoms with Gasteiger partial charge in [0.1, 0.15) is 11.8 Å². The van der Waals surface area contributed by atoms with Crippen molar-refractivity contribution in [2.45, 2.75) is 62.7 Å². The van der Waals surface area contributed by atoms with Gasteiger partial charge in [0.25, 0.3) is 11.8 Å². The number of thiophene rings is 1. The van der Waals surface area contributed by atoms with E-state index in [2.05, 4.69) is 5.32 Å². The first kappa shape index (κ1) is 28.8. The van der Waals surface area contributed by atoms with E-state index in [1.807, 2.05) is 52.7 Å². The smallest absolute Gasteiger partial charge is 0.264 e. The van der Waals surface area contributed by atoms with Crippen molar-refractivity contribution < 1.29 is 19.1 Å². The van der Waals surface area contributed by atoms with Gasteiger partial charge >= 0.3 is 0 Å². The average molecular weight is 575 g/mol. The van der Waals surface area contributed by atoms with Gasteiger partial charge in [-0.3, -0.25) is 14.4 Å². The lowest BCUT2D eigenvalue weighted by molar-refractivity contribution is -0.125. The number of nitrogens with zero attached hydrogens (tertiary/aromatic N) is 2. The number of hydrogen-bond acceptors (Lipinski definition) is 6. The van der Waals surface area contributed by atoms with Gasteiger partial charge in [-0.1, -0.05) is 42.5 Å². The molecule has 0 bridgehead atoms. The molecule has 8 nitrogen and oxygen atoms in total. The highest BCUT2D eigenvalue weighted by Crippen LogP contribution is 2.29. The summed E-state index contributed by atoms with van der Waals surface area (Å²) in [5.41, 5.74) is 7.66. The van der Waals surface area contributed by atoms with Gasteiger partial charge in [0, 0.05) is 30.7 Å². The molecule has 5 rings (SSSR count). The number of carbonyl (C=O) groups is 3. The van der Waals surface area contributed by atoms with Crippen LogP contribution in [0.25, 0.3) is 0 Å². The van der Waals surface area contributed by atoms with Crippen LogP contribution in [0.15, 0.2) is 72.1 Å². The van der Waals surface area contributed by atoms with Gasteiger partial charge in [-0.15, -0.1) is 11.3 Å². The maximum absolute atomic E-state index is 13.9. The van der Waals surface area contributed by atoms with E-state index in [4.69, 9.17) is 10.5 Å². The lowest BCUT2D eigenvalue weighted by Gasteiger charge is -2.30. The summed E-state index contributed by atoms with van der Waals surface area (Å²) in [4.78, 5) is 45.6. The second-order valence-corrected chi connectivity index (χ2v) is 11.9. The fourth-order valence-corrected chi connectivity index (χ4v) is 6.56. The van der Waals surface area contributed by atoms with Gasteiger partial charge in [0.2, 0.25) is 5.91 Å². The number of ether oxygens (including phenoxy) is 1. The van der Waals surface area contributed by atoms with Crippen molar-refractivity contribution in [2.75, 3.05) is 20.2 Å². The number of rotatable bonds is 9. The zero-order chi connectivity index (χ0) is 28.8. The number of carbonyl (C=O) groups excluding carboxylic acids is 3.